The van der Waals surface area contributed by atoms with Crippen LogP contribution >= 0.6 is 0 Å². The van der Waals surface area contributed by atoms with Crippen molar-refractivity contribution in [3.63, 3.8) is 0 Å². The van der Waals surface area contributed by atoms with Gasteiger partial charge in [0.25, 0.3) is 0 Å². The molecule has 0 radical (unpaired) electrons. The zero-order valence-electron chi connectivity index (χ0n) is 14.5. The molecule has 2 aromatic heterocycles. The molecule has 3 aromatic rings. The maximum absolute atomic E-state index is 12.5. The highest BCUT2D eigenvalue weighted by atomic mass is 16.4. The Morgan fingerprint density at radius 1 is 1.08 bits per heavy atom. The lowest BCUT2D eigenvalue weighted by Gasteiger charge is -2.19. The number of amides is 1. The Morgan fingerprint density at radius 3 is 2.35 bits per heavy atom. The minimum atomic E-state index is -1.12. The van der Waals surface area contributed by atoms with Crippen LogP contribution in [-0.4, -0.2) is 31.3 Å². The molecule has 0 aliphatic carbocycles. The summed E-state index contributed by atoms with van der Waals surface area (Å²) in [7, 11) is 0. The number of benzene rings is 1. The summed E-state index contributed by atoms with van der Waals surface area (Å²) in [5, 5.41) is 16.0. The molecule has 0 fully saturated rings. The minimum Gasteiger partial charge on any atom is -0.477 e. The van der Waals surface area contributed by atoms with E-state index in [-0.39, 0.29) is 17.6 Å². The molecule has 134 valence electrons. The van der Waals surface area contributed by atoms with Crippen molar-refractivity contribution in [2.75, 3.05) is 0 Å². The van der Waals surface area contributed by atoms with Gasteiger partial charge in [0.15, 0.2) is 0 Å². The smallest absolute Gasteiger partial charge is 0.354 e. The molecule has 3 rings (SSSR count). The lowest BCUT2D eigenvalue weighted by Crippen LogP contribution is -2.34. The van der Waals surface area contributed by atoms with E-state index in [1.54, 1.807) is 6.92 Å². The molecule has 0 saturated carbocycles. The molecule has 2 heterocycles. The first-order valence-corrected chi connectivity index (χ1v) is 8.28. The second-order valence-electron chi connectivity index (χ2n) is 6.05. The average molecular weight is 352 g/mol. The first-order valence-electron chi connectivity index (χ1n) is 8.28. The van der Waals surface area contributed by atoms with E-state index in [1.807, 2.05) is 60.3 Å². The molecule has 7 nitrogen and oxygen atoms in total. The van der Waals surface area contributed by atoms with Crippen molar-refractivity contribution in [2.24, 2.45) is 0 Å². The van der Waals surface area contributed by atoms with E-state index in [1.165, 1.54) is 16.9 Å². The molecule has 0 spiro atoms. The topological polar surface area (TPSA) is 89.2 Å². The van der Waals surface area contributed by atoms with E-state index in [0.717, 1.165) is 11.3 Å². The Labute approximate surface area is 150 Å². The third-order valence-corrected chi connectivity index (χ3v) is 4.29. The van der Waals surface area contributed by atoms with Crippen LogP contribution in [0.4, 0.5) is 0 Å². The number of aromatic carboxylic acids is 1. The number of carbonyl (C=O) groups excluding carboxylic acids is 1. The molecular formula is C19H20N4O3. The van der Waals surface area contributed by atoms with Gasteiger partial charge in [-0.15, -0.1) is 0 Å². The largest absolute Gasteiger partial charge is 0.477 e. The predicted molar refractivity (Wildman–Crippen MR) is 96.2 cm³/mol. The van der Waals surface area contributed by atoms with E-state index in [0.29, 0.717) is 0 Å². The number of hydrogen-bond donors (Lipinski definition) is 2. The first-order chi connectivity index (χ1) is 12.5. The summed E-state index contributed by atoms with van der Waals surface area (Å²) in [6, 6.07) is 12.2. The Morgan fingerprint density at radius 2 is 1.73 bits per heavy atom. The fraction of sp³-hybridized carbons (Fsp3) is 0.211. The monoisotopic (exact) mass is 352 g/mol. The molecule has 2 unspecified atom stereocenters. The molecule has 2 N–H and O–H groups in total. The molecule has 7 heteroatoms. The summed E-state index contributed by atoms with van der Waals surface area (Å²) in [5.41, 5.74) is 1.98. The van der Waals surface area contributed by atoms with Crippen LogP contribution in [0.5, 0.6) is 0 Å². The molecular weight excluding hydrogens is 332 g/mol. The van der Waals surface area contributed by atoms with Gasteiger partial charge in [0, 0.05) is 24.3 Å². The van der Waals surface area contributed by atoms with Crippen LogP contribution in [0.1, 0.15) is 42.0 Å². The van der Waals surface area contributed by atoms with Gasteiger partial charge in [-0.3, -0.25) is 4.79 Å². The number of nitrogens with one attached hydrogen (secondary N) is 1. The maximum Gasteiger partial charge on any atom is 0.354 e. The Hall–Kier alpha value is -3.35. The number of rotatable bonds is 6. The molecule has 0 aliphatic heterocycles. The van der Waals surface area contributed by atoms with Crippen LogP contribution in [0.25, 0.3) is 5.69 Å². The van der Waals surface area contributed by atoms with Crippen molar-refractivity contribution in [1.29, 1.82) is 0 Å². The van der Waals surface area contributed by atoms with Crippen LogP contribution in [0.3, 0.4) is 0 Å². The summed E-state index contributed by atoms with van der Waals surface area (Å²) in [6.07, 6.45) is 5.30. The van der Waals surface area contributed by atoms with E-state index < -0.39 is 12.0 Å². The Kier molecular flexibility index (Phi) is 4.88. The SMILES string of the molecule is CC(NC(=O)C(C)n1nccc1C(=O)O)c1ccc(-n2cccc2)cc1. The second-order valence-corrected chi connectivity index (χ2v) is 6.05. The second kappa shape index (κ2) is 7.26. The number of carbonyl (C=O) groups is 2. The number of hydrogen-bond acceptors (Lipinski definition) is 3. The fourth-order valence-corrected chi connectivity index (χ4v) is 2.76. The Balaban J connectivity index is 1.69. The van der Waals surface area contributed by atoms with Gasteiger partial charge in [0.2, 0.25) is 5.91 Å². The van der Waals surface area contributed by atoms with Crippen molar-refractivity contribution >= 4 is 11.9 Å². The van der Waals surface area contributed by atoms with Crippen LogP contribution < -0.4 is 5.32 Å². The first kappa shape index (κ1) is 17.5. The summed E-state index contributed by atoms with van der Waals surface area (Å²) in [6.45, 7) is 3.51. The summed E-state index contributed by atoms with van der Waals surface area (Å²) in [4.78, 5) is 23.7. The molecule has 0 aliphatic rings. The number of nitrogens with zero attached hydrogens (tertiary/aromatic N) is 3. The molecule has 1 aromatic carbocycles. The fourth-order valence-electron chi connectivity index (χ4n) is 2.76. The lowest BCUT2D eigenvalue weighted by atomic mass is 10.1. The van der Waals surface area contributed by atoms with Crippen molar-refractivity contribution in [1.82, 2.24) is 19.7 Å². The van der Waals surface area contributed by atoms with Crippen molar-refractivity contribution in [2.45, 2.75) is 25.9 Å². The van der Waals surface area contributed by atoms with E-state index in [4.69, 9.17) is 5.11 Å². The van der Waals surface area contributed by atoms with E-state index in [9.17, 15) is 9.59 Å². The minimum absolute atomic E-state index is 0.0172. The average Bonchev–Trinajstić information content (AvgIpc) is 3.32. The van der Waals surface area contributed by atoms with Gasteiger partial charge in [-0.2, -0.15) is 5.10 Å². The molecule has 0 bridgehead atoms. The third-order valence-electron chi connectivity index (χ3n) is 4.29. The van der Waals surface area contributed by atoms with E-state index in [2.05, 4.69) is 10.4 Å². The zero-order valence-corrected chi connectivity index (χ0v) is 14.5. The quantitative estimate of drug-likeness (QED) is 0.714. The molecule has 2 atom stereocenters. The van der Waals surface area contributed by atoms with Gasteiger partial charge >= 0.3 is 5.97 Å². The van der Waals surface area contributed by atoms with Crippen molar-refractivity contribution in [3.8, 4) is 5.69 Å². The van der Waals surface area contributed by atoms with Crippen LogP contribution in [0, 0.1) is 0 Å². The number of carboxylic acid groups (broad SMARTS) is 1. The standard InChI is InChI=1S/C19H20N4O3/c1-13(15-5-7-16(8-6-15)22-11-3-4-12-22)21-18(24)14(2)23-17(19(25)26)9-10-20-23/h3-14H,1-2H3,(H,21,24)(H,25,26). The third kappa shape index (κ3) is 3.51. The summed E-state index contributed by atoms with van der Waals surface area (Å²) >= 11 is 0. The zero-order chi connectivity index (χ0) is 18.7. The van der Waals surface area contributed by atoms with Gasteiger partial charge in [-0.25, -0.2) is 9.48 Å². The summed E-state index contributed by atoms with van der Waals surface area (Å²) in [5.74, 6) is -1.41. The Bertz CT molecular complexity index is 897. The summed E-state index contributed by atoms with van der Waals surface area (Å²) < 4.78 is 3.21. The number of aromatic nitrogens is 3. The number of carboxylic acids is 1. The lowest BCUT2D eigenvalue weighted by molar-refractivity contribution is -0.124. The predicted octanol–water partition coefficient (Wildman–Crippen LogP) is 2.81. The van der Waals surface area contributed by atoms with Gasteiger partial charge in [-0.1, -0.05) is 12.1 Å². The van der Waals surface area contributed by atoms with Gasteiger partial charge < -0.3 is 15.0 Å². The van der Waals surface area contributed by atoms with Crippen molar-refractivity contribution < 1.29 is 14.7 Å². The van der Waals surface area contributed by atoms with Crippen molar-refractivity contribution in [3.05, 3.63) is 72.3 Å². The van der Waals surface area contributed by atoms with Crippen LogP contribution in [-0.2, 0) is 4.79 Å². The molecule has 26 heavy (non-hydrogen) atoms. The van der Waals surface area contributed by atoms with Crippen LogP contribution in [0.2, 0.25) is 0 Å². The maximum atomic E-state index is 12.5. The van der Waals surface area contributed by atoms with Gasteiger partial charge in [0.1, 0.15) is 11.7 Å². The van der Waals surface area contributed by atoms with Gasteiger partial charge in [-0.05, 0) is 49.7 Å². The normalized spacial score (nSPS) is 13.2. The highest BCUT2D eigenvalue weighted by Gasteiger charge is 2.22. The van der Waals surface area contributed by atoms with Gasteiger partial charge in [0.05, 0.1) is 6.04 Å². The molecule has 0 saturated heterocycles. The van der Waals surface area contributed by atoms with E-state index >= 15 is 0 Å². The highest BCUT2D eigenvalue weighted by Crippen LogP contribution is 2.17. The van der Waals surface area contributed by atoms with Crippen LogP contribution in [0.15, 0.2) is 61.1 Å². The highest BCUT2D eigenvalue weighted by molar-refractivity contribution is 5.87. The molecule has 1 amide bonds.